The minimum atomic E-state index is 0.817. The van der Waals surface area contributed by atoms with Gasteiger partial charge in [0.05, 0.1) is 18.3 Å². The standard InChI is InChI=1S/C21H20N2O/c1-3-23-20-7-5-4-6-17(20)18-12-13-22-19(21(18)23)14-15-8-10-16(24-2)11-9-15/h4-13H,3,14H2,1-2H3. The smallest absolute Gasteiger partial charge is 0.118 e. The van der Waals surface area contributed by atoms with Crippen molar-refractivity contribution in [2.45, 2.75) is 19.9 Å². The Balaban J connectivity index is 1.88. The van der Waals surface area contributed by atoms with E-state index in [0.29, 0.717) is 0 Å². The van der Waals surface area contributed by atoms with Gasteiger partial charge in [0.2, 0.25) is 0 Å². The number of aromatic nitrogens is 2. The molecule has 3 nitrogen and oxygen atoms in total. The maximum atomic E-state index is 5.25. The molecule has 0 spiro atoms. The van der Waals surface area contributed by atoms with Crippen molar-refractivity contribution in [3.63, 3.8) is 0 Å². The zero-order chi connectivity index (χ0) is 16.5. The predicted octanol–water partition coefficient (Wildman–Crippen LogP) is 4.81. The number of nitrogens with zero attached hydrogens (tertiary/aromatic N) is 2. The predicted molar refractivity (Wildman–Crippen MR) is 98.7 cm³/mol. The third-order valence-electron chi connectivity index (χ3n) is 4.60. The van der Waals surface area contributed by atoms with Crippen molar-refractivity contribution in [3.05, 3.63) is 72.1 Å². The van der Waals surface area contributed by atoms with E-state index in [1.165, 1.54) is 27.4 Å². The summed E-state index contributed by atoms with van der Waals surface area (Å²) in [5, 5.41) is 2.58. The van der Waals surface area contributed by atoms with Gasteiger partial charge >= 0.3 is 0 Å². The lowest BCUT2D eigenvalue weighted by molar-refractivity contribution is 0.414. The van der Waals surface area contributed by atoms with Crippen molar-refractivity contribution < 1.29 is 4.74 Å². The lowest BCUT2D eigenvalue weighted by atomic mass is 10.1. The van der Waals surface area contributed by atoms with E-state index in [1.807, 2.05) is 18.3 Å². The molecule has 4 rings (SSSR count). The minimum Gasteiger partial charge on any atom is -0.497 e. The van der Waals surface area contributed by atoms with Crippen LogP contribution in [0.1, 0.15) is 18.2 Å². The van der Waals surface area contributed by atoms with Crippen molar-refractivity contribution >= 4 is 21.8 Å². The fraction of sp³-hybridized carbons (Fsp3) is 0.190. The van der Waals surface area contributed by atoms with Gasteiger partial charge < -0.3 is 9.30 Å². The number of aryl methyl sites for hydroxylation is 1. The summed E-state index contributed by atoms with van der Waals surface area (Å²) in [5.74, 6) is 0.882. The molecule has 0 aliphatic heterocycles. The molecule has 0 fully saturated rings. The van der Waals surface area contributed by atoms with Crippen LogP contribution >= 0.6 is 0 Å². The molecule has 0 amide bonds. The van der Waals surface area contributed by atoms with E-state index in [1.54, 1.807) is 7.11 Å². The second-order valence-electron chi connectivity index (χ2n) is 5.94. The zero-order valence-electron chi connectivity index (χ0n) is 14.0. The molecule has 0 N–H and O–H groups in total. The van der Waals surface area contributed by atoms with Crippen LogP contribution in [-0.2, 0) is 13.0 Å². The fourth-order valence-electron chi connectivity index (χ4n) is 3.47. The highest BCUT2D eigenvalue weighted by Crippen LogP contribution is 2.31. The van der Waals surface area contributed by atoms with Crippen LogP contribution in [0.2, 0.25) is 0 Å². The summed E-state index contributed by atoms with van der Waals surface area (Å²) in [5.41, 5.74) is 4.88. The van der Waals surface area contributed by atoms with Gasteiger partial charge in [-0.25, -0.2) is 0 Å². The fourth-order valence-corrected chi connectivity index (χ4v) is 3.47. The van der Waals surface area contributed by atoms with Gasteiger partial charge in [-0.1, -0.05) is 30.3 Å². The first-order valence-corrected chi connectivity index (χ1v) is 8.29. The van der Waals surface area contributed by atoms with Crippen LogP contribution in [0.5, 0.6) is 5.75 Å². The van der Waals surface area contributed by atoms with Gasteiger partial charge in [0, 0.05) is 35.5 Å². The molecule has 0 aliphatic carbocycles. The molecule has 0 saturated carbocycles. The van der Waals surface area contributed by atoms with Gasteiger partial charge in [0.25, 0.3) is 0 Å². The monoisotopic (exact) mass is 316 g/mol. The average Bonchev–Trinajstić information content (AvgIpc) is 2.97. The van der Waals surface area contributed by atoms with Gasteiger partial charge in [-0.15, -0.1) is 0 Å². The molecule has 2 heterocycles. The summed E-state index contributed by atoms with van der Waals surface area (Å²) in [7, 11) is 1.69. The Labute approximate surface area is 141 Å². The van der Waals surface area contributed by atoms with E-state index in [4.69, 9.17) is 9.72 Å². The molecule has 24 heavy (non-hydrogen) atoms. The third-order valence-corrected chi connectivity index (χ3v) is 4.60. The minimum absolute atomic E-state index is 0.817. The van der Waals surface area contributed by atoms with Gasteiger partial charge in [0.1, 0.15) is 5.75 Å². The number of rotatable bonds is 4. The first-order valence-electron chi connectivity index (χ1n) is 8.29. The molecule has 120 valence electrons. The molecule has 2 aromatic heterocycles. The van der Waals surface area contributed by atoms with Crippen LogP contribution in [0.15, 0.2) is 60.8 Å². The Kier molecular flexibility index (Phi) is 3.69. The molecule has 0 radical (unpaired) electrons. The SMILES string of the molecule is CCn1c2ccccc2c2ccnc(Cc3ccc(OC)cc3)c21. The summed E-state index contributed by atoms with van der Waals surface area (Å²) < 4.78 is 7.62. The number of benzene rings is 2. The number of ether oxygens (including phenoxy) is 1. The highest BCUT2D eigenvalue weighted by Gasteiger charge is 2.13. The van der Waals surface area contributed by atoms with Crippen LogP contribution in [0.25, 0.3) is 21.8 Å². The summed E-state index contributed by atoms with van der Waals surface area (Å²) in [6.07, 6.45) is 2.74. The van der Waals surface area contributed by atoms with E-state index in [0.717, 1.165) is 24.4 Å². The summed E-state index contributed by atoms with van der Waals surface area (Å²) in [6, 6.07) is 18.9. The Bertz CT molecular complexity index is 1000. The Hall–Kier alpha value is -2.81. The second kappa shape index (κ2) is 6.00. The molecular formula is C21H20N2O. The summed E-state index contributed by atoms with van der Waals surface area (Å²) >= 11 is 0. The van der Waals surface area contributed by atoms with Crippen molar-refractivity contribution in [1.29, 1.82) is 0 Å². The largest absolute Gasteiger partial charge is 0.497 e. The maximum Gasteiger partial charge on any atom is 0.118 e. The number of hydrogen-bond donors (Lipinski definition) is 0. The number of methoxy groups -OCH3 is 1. The van der Waals surface area contributed by atoms with Gasteiger partial charge in [-0.2, -0.15) is 0 Å². The highest BCUT2D eigenvalue weighted by atomic mass is 16.5. The first kappa shape index (κ1) is 14.8. The first-order chi connectivity index (χ1) is 11.8. The second-order valence-corrected chi connectivity index (χ2v) is 5.94. The number of hydrogen-bond acceptors (Lipinski definition) is 2. The topological polar surface area (TPSA) is 27.1 Å². The van der Waals surface area contributed by atoms with Crippen LogP contribution < -0.4 is 4.74 Å². The lowest BCUT2D eigenvalue weighted by Gasteiger charge is -2.08. The molecule has 0 saturated heterocycles. The Morgan fingerprint density at radius 3 is 2.50 bits per heavy atom. The number of fused-ring (bicyclic) bond motifs is 3. The van der Waals surface area contributed by atoms with Gasteiger partial charge in [0.15, 0.2) is 0 Å². The van der Waals surface area contributed by atoms with E-state index in [9.17, 15) is 0 Å². The number of pyridine rings is 1. The maximum absolute atomic E-state index is 5.25. The van der Waals surface area contributed by atoms with Gasteiger partial charge in [-0.3, -0.25) is 4.98 Å². The third kappa shape index (κ3) is 2.33. The van der Waals surface area contributed by atoms with Crippen LogP contribution in [0.4, 0.5) is 0 Å². The summed E-state index contributed by atoms with van der Waals surface area (Å²) in [6.45, 7) is 3.13. The average molecular weight is 316 g/mol. The molecule has 0 bridgehead atoms. The molecule has 2 aromatic carbocycles. The van der Waals surface area contributed by atoms with E-state index >= 15 is 0 Å². The van der Waals surface area contributed by atoms with E-state index in [-0.39, 0.29) is 0 Å². The normalized spacial score (nSPS) is 11.2. The molecule has 3 heteroatoms. The quantitative estimate of drug-likeness (QED) is 0.540. The molecule has 4 aromatic rings. The molecular weight excluding hydrogens is 296 g/mol. The van der Waals surface area contributed by atoms with Crippen molar-refractivity contribution in [3.8, 4) is 5.75 Å². The van der Waals surface area contributed by atoms with Crippen LogP contribution in [0.3, 0.4) is 0 Å². The van der Waals surface area contributed by atoms with Crippen LogP contribution in [-0.4, -0.2) is 16.7 Å². The Morgan fingerprint density at radius 2 is 1.75 bits per heavy atom. The lowest BCUT2D eigenvalue weighted by Crippen LogP contribution is -2.00. The molecule has 0 aliphatic rings. The van der Waals surface area contributed by atoms with Crippen molar-refractivity contribution in [1.82, 2.24) is 9.55 Å². The van der Waals surface area contributed by atoms with Crippen molar-refractivity contribution in [2.24, 2.45) is 0 Å². The summed E-state index contributed by atoms with van der Waals surface area (Å²) in [4.78, 5) is 4.70. The van der Waals surface area contributed by atoms with E-state index < -0.39 is 0 Å². The highest BCUT2D eigenvalue weighted by molar-refractivity contribution is 6.08. The van der Waals surface area contributed by atoms with Crippen molar-refractivity contribution in [2.75, 3.05) is 7.11 Å². The molecule has 0 unspecified atom stereocenters. The zero-order valence-corrected chi connectivity index (χ0v) is 14.0. The van der Waals surface area contributed by atoms with Crippen LogP contribution in [0, 0.1) is 0 Å². The Morgan fingerprint density at radius 1 is 0.958 bits per heavy atom. The number of para-hydroxylation sites is 1. The molecule has 0 atom stereocenters. The van der Waals surface area contributed by atoms with Gasteiger partial charge in [-0.05, 0) is 36.8 Å². The van der Waals surface area contributed by atoms with E-state index in [2.05, 4.69) is 54.0 Å².